The minimum absolute atomic E-state index is 0.154. The second-order valence-electron chi connectivity index (χ2n) is 5.45. The Morgan fingerprint density at radius 1 is 1.04 bits per heavy atom. The van der Waals surface area contributed by atoms with Crippen LogP contribution in [0, 0.1) is 0 Å². The lowest BCUT2D eigenvalue weighted by Gasteiger charge is -2.08. The molecule has 0 spiro atoms. The molecule has 1 aromatic heterocycles. The van der Waals surface area contributed by atoms with Crippen molar-refractivity contribution >= 4 is 23.7 Å². The van der Waals surface area contributed by atoms with Gasteiger partial charge in [0.15, 0.2) is 5.76 Å². The maximum Gasteiger partial charge on any atom is 0.291 e. The van der Waals surface area contributed by atoms with Gasteiger partial charge in [-0.2, -0.15) is 5.10 Å². The molecular formula is C20H17N3O4. The van der Waals surface area contributed by atoms with Crippen LogP contribution in [0.25, 0.3) is 0 Å². The van der Waals surface area contributed by atoms with Crippen LogP contribution < -0.4 is 15.5 Å². The van der Waals surface area contributed by atoms with Crippen LogP contribution >= 0.6 is 0 Å². The van der Waals surface area contributed by atoms with Crippen LogP contribution in [0.15, 0.2) is 76.4 Å². The molecule has 0 aliphatic carbocycles. The van der Waals surface area contributed by atoms with Crippen LogP contribution in [-0.2, 0) is 0 Å². The Morgan fingerprint density at radius 3 is 2.67 bits per heavy atom. The Balaban J connectivity index is 1.69. The largest absolute Gasteiger partial charge is 0.497 e. The molecule has 0 saturated heterocycles. The van der Waals surface area contributed by atoms with Gasteiger partial charge in [0.05, 0.1) is 30.8 Å². The molecule has 0 aliphatic heterocycles. The summed E-state index contributed by atoms with van der Waals surface area (Å²) in [5.74, 6) is -0.0536. The summed E-state index contributed by atoms with van der Waals surface area (Å²) in [6.07, 6.45) is 2.91. The van der Waals surface area contributed by atoms with Gasteiger partial charge in [-0.25, -0.2) is 5.43 Å². The average Bonchev–Trinajstić information content (AvgIpc) is 3.23. The molecule has 0 unspecified atom stereocenters. The summed E-state index contributed by atoms with van der Waals surface area (Å²) < 4.78 is 10.2. The highest BCUT2D eigenvalue weighted by Crippen LogP contribution is 2.16. The normalized spacial score (nSPS) is 10.6. The number of hydrogen-bond acceptors (Lipinski definition) is 5. The summed E-state index contributed by atoms with van der Waals surface area (Å²) in [6, 6.07) is 17.0. The van der Waals surface area contributed by atoms with Crippen molar-refractivity contribution in [3.05, 3.63) is 83.8 Å². The molecule has 7 heteroatoms. The molecule has 3 aromatic rings. The first-order valence-electron chi connectivity index (χ1n) is 8.08. The van der Waals surface area contributed by atoms with Gasteiger partial charge in [0.1, 0.15) is 5.75 Å². The van der Waals surface area contributed by atoms with E-state index >= 15 is 0 Å². The van der Waals surface area contributed by atoms with Crippen molar-refractivity contribution < 1.29 is 18.7 Å². The lowest BCUT2D eigenvalue weighted by Crippen LogP contribution is -2.21. The molecule has 0 atom stereocenters. The molecule has 27 heavy (non-hydrogen) atoms. The SMILES string of the molecule is COc1cccc(C=NNC(=O)c2ccccc2NC(=O)c2ccco2)c1. The van der Waals surface area contributed by atoms with Gasteiger partial charge in [-0.3, -0.25) is 9.59 Å². The van der Waals surface area contributed by atoms with E-state index in [1.165, 1.54) is 18.5 Å². The zero-order valence-electron chi connectivity index (χ0n) is 14.5. The van der Waals surface area contributed by atoms with E-state index < -0.39 is 11.8 Å². The van der Waals surface area contributed by atoms with Gasteiger partial charge >= 0.3 is 0 Å². The van der Waals surface area contributed by atoms with Gasteiger partial charge in [-0.1, -0.05) is 24.3 Å². The van der Waals surface area contributed by atoms with Gasteiger partial charge in [0, 0.05) is 0 Å². The molecule has 2 aromatic carbocycles. The van der Waals surface area contributed by atoms with Crippen LogP contribution in [0.4, 0.5) is 5.69 Å². The third kappa shape index (κ3) is 4.60. The molecule has 2 amide bonds. The Morgan fingerprint density at radius 2 is 1.89 bits per heavy atom. The summed E-state index contributed by atoms with van der Waals surface area (Å²) in [5.41, 5.74) is 3.85. The van der Waals surface area contributed by atoms with E-state index in [9.17, 15) is 9.59 Å². The maximum absolute atomic E-state index is 12.4. The number of hydrogen-bond donors (Lipinski definition) is 2. The van der Waals surface area contributed by atoms with Crippen LogP contribution in [0.5, 0.6) is 5.75 Å². The van der Waals surface area contributed by atoms with E-state index in [1.54, 1.807) is 43.5 Å². The molecule has 0 bridgehead atoms. The molecule has 1 heterocycles. The van der Waals surface area contributed by atoms with Gasteiger partial charge in [-0.15, -0.1) is 0 Å². The number of furan rings is 1. The van der Waals surface area contributed by atoms with E-state index in [2.05, 4.69) is 15.8 Å². The molecule has 0 fully saturated rings. The smallest absolute Gasteiger partial charge is 0.291 e. The molecule has 0 saturated carbocycles. The van der Waals surface area contributed by atoms with Crippen LogP contribution in [0.3, 0.4) is 0 Å². The first-order valence-corrected chi connectivity index (χ1v) is 8.08. The minimum Gasteiger partial charge on any atom is -0.497 e. The first-order chi connectivity index (χ1) is 13.2. The summed E-state index contributed by atoms with van der Waals surface area (Å²) in [4.78, 5) is 24.6. The predicted molar refractivity (Wildman–Crippen MR) is 101 cm³/mol. The van der Waals surface area contributed by atoms with Crippen molar-refractivity contribution in [2.45, 2.75) is 0 Å². The third-order valence-electron chi connectivity index (χ3n) is 3.64. The number of para-hydroxylation sites is 1. The summed E-state index contributed by atoms with van der Waals surface area (Å²) in [5, 5.41) is 6.61. The van der Waals surface area contributed by atoms with Crippen molar-refractivity contribution in [1.82, 2.24) is 5.43 Å². The Hall–Kier alpha value is -3.87. The minimum atomic E-state index is -0.454. The fraction of sp³-hybridized carbons (Fsp3) is 0.0500. The van der Waals surface area contributed by atoms with E-state index in [0.29, 0.717) is 11.4 Å². The fourth-order valence-electron chi connectivity index (χ4n) is 2.33. The molecule has 2 N–H and O–H groups in total. The standard InChI is InChI=1S/C20H17N3O4/c1-26-15-7-4-6-14(12-15)13-21-23-19(24)16-8-2-3-9-17(16)22-20(25)18-10-5-11-27-18/h2-13H,1H3,(H,22,25)(H,23,24). The van der Waals surface area contributed by atoms with Crippen molar-refractivity contribution in [1.29, 1.82) is 0 Å². The quantitative estimate of drug-likeness (QED) is 0.519. The number of hydrazone groups is 1. The van der Waals surface area contributed by atoms with Gasteiger partial charge < -0.3 is 14.5 Å². The lowest BCUT2D eigenvalue weighted by molar-refractivity contribution is 0.0956. The Kier molecular flexibility index (Phi) is 5.64. The number of methoxy groups -OCH3 is 1. The summed E-state index contributed by atoms with van der Waals surface area (Å²) in [7, 11) is 1.58. The summed E-state index contributed by atoms with van der Waals surface area (Å²) >= 11 is 0. The number of amides is 2. The third-order valence-corrected chi connectivity index (χ3v) is 3.64. The zero-order chi connectivity index (χ0) is 19.1. The monoisotopic (exact) mass is 363 g/mol. The van der Waals surface area contributed by atoms with Gasteiger partial charge in [0.25, 0.3) is 11.8 Å². The second-order valence-corrected chi connectivity index (χ2v) is 5.45. The van der Waals surface area contributed by atoms with Crippen molar-refractivity contribution in [3.63, 3.8) is 0 Å². The maximum atomic E-state index is 12.4. The molecule has 3 rings (SSSR count). The number of nitrogens with one attached hydrogen (secondary N) is 2. The van der Waals surface area contributed by atoms with Gasteiger partial charge in [-0.05, 0) is 42.0 Å². The van der Waals surface area contributed by atoms with E-state index in [1.807, 2.05) is 18.2 Å². The molecule has 0 radical (unpaired) electrons. The number of carbonyl (C=O) groups is 2. The Bertz CT molecular complexity index is 965. The zero-order valence-corrected chi connectivity index (χ0v) is 14.5. The van der Waals surface area contributed by atoms with Crippen molar-refractivity contribution in [3.8, 4) is 5.75 Å². The van der Waals surface area contributed by atoms with Crippen LogP contribution in [-0.4, -0.2) is 25.1 Å². The van der Waals surface area contributed by atoms with E-state index in [4.69, 9.17) is 9.15 Å². The van der Waals surface area contributed by atoms with E-state index in [0.717, 1.165) is 5.56 Å². The second kappa shape index (κ2) is 8.48. The van der Waals surface area contributed by atoms with Gasteiger partial charge in [0.2, 0.25) is 0 Å². The fourth-order valence-corrected chi connectivity index (χ4v) is 2.33. The first kappa shape index (κ1) is 17.9. The number of nitrogens with zero attached hydrogens (tertiary/aromatic N) is 1. The molecular weight excluding hydrogens is 346 g/mol. The van der Waals surface area contributed by atoms with E-state index in [-0.39, 0.29) is 11.3 Å². The number of rotatable bonds is 6. The van der Waals surface area contributed by atoms with Crippen molar-refractivity contribution in [2.24, 2.45) is 5.10 Å². The highest BCUT2D eigenvalue weighted by atomic mass is 16.5. The lowest BCUT2D eigenvalue weighted by atomic mass is 10.1. The number of anilines is 1. The highest BCUT2D eigenvalue weighted by Gasteiger charge is 2.15. The number of carbonyl (C=O) groups excluding carboxylic acids is 2. The highest BCUT2D eigenvalue weighted by molar-refractivity contribution is 6.07. The predicted octanol–water partition coefficient (Wildman–Crippen LogP) is 3.30. The Labute approximate surface area is 155 Å². The molecule has 7 nitrogen and oxygen atoms in total. The van der Waals surface area contributed by atoms with Crippen LogP contribution in [0.1, 0.15) is 26.5 Å². The number of ether oxygens (including phenoxy) is 1. The number of benzene rings is 2. The summed E-state index contributed by atoms with van der Waals surface area (Å²) in [6.45, 7) is 0. The van der Waals surface area contributed by atoms with Crippen molar-refractivity contribution in [2.75, 3.05) is 12.4 Å². The molecule has 0 aliphatic rings. The molecule has 136 valence electrons. The van der Waals surface area contributed by atoms with Crippen LogP contribution in [0.2, 0.25) is 0 Å². The topological polar surface area (TPSA) is 92.9 Å². The average molecular weight is 363 g/mol.